The molecule has 1 aromatic heterocycles. The number of rotatable bonds is 3. The highest BCUT2D eigenvalue weighted by molar-refractivity contribution is 5.71. The number of hydrogen-bond donors (Lipinski definition) is 1. The minimum Gasteiger partial charge on any atom is -0.507 e. The molecule has 2 aromatic rings. The molecule has 2 heterocycles. The van der Waals surface area contributed by atoms with E-state index in [0.29, 0.717) is 17.2 Å². The van der Waals surface area contributed by atoms with Gasteiger partial charge in [-0.1, -0.05) is 0 Å². The van der Waals surface area contributed by atoms with Gasteiger partial charge in [0, 0.05) is 12.1 Å². The van der Waals surface area contributed by atoms with Crippen molar-refractivity contribution >= 4 is 0 Å². The van der Waals surface area contributed by atoms with Crippen LogP contribution in [0.4, 0.5) is 13.2 Å². The Morgan fingerprint density at radius 1 is 1.23 bits per heavy atom. The Kier molecular flexibility index (Phi) is 5.18. The number of halogens is 3. The number of piperidine rings is 1. The number of nitrogens with zero attached hydrogens (tertiary/aromatic N) is 3. The fourth-order valence-electron chi connectivity index (χ4n) is 3.60. The van der Waals surface area contributed by atoms with Crippen molar-refractivity contribution in [3.8, 4) is 17.0 Å². The number of aromatic hydroxyl groups is 1. The van der Waals surface area contributed by atoms with Crippen molar-refractivity contribution in [2.75, 3.05) is 20.1 Å². The van der Waals surface area contributed by atoms with Gasteiger partial charge in [-0.25, -0.2) is 0 Å². The van der Waals surface area contributed by atoms with Crippen molar-refractivity contribution in [2.45, 2.75) is 32.4 Å². The summed E-state index contributed by atoms with van der Waals surface area (Å²) in [5.74, 6) is 0.100. The summed E-state index contributed by atoms with van der Waals surface area (Å²) in [6.45, 7) is 3.67. The second kappa shape index (κ2) is 7.23. The maximum Gasteiger partial charge on any atom is 0.416 e. The number of phenols is 1. The average Bonchev–Trinajstić information content (AvgIpc) is 2.55. The Bertz CT molecular complexity index is 752. The number of aryl methyl sites for hydroxylation is 1. The predicted octanol–water partition coefficient (Wildman–Crippen LogP) is 4.06. The van der Waals surface area contributed by atoms with Crippen LogP contribution in [0.25, 0.3) is 11.3 Å². The summed E-state index contributed by atoms with van der Waals surface area (Å²) >= 11 is 0. The van der Waals surface area contributed by atoms with E-state index in [4.69, 9.17) is 0 Å². The number of benzene rings is 1. The van der Waals surface area contributed by atoms with E-state index < -0.39 is 17.5 Å². The Morgan fingerprint density at radius 2 is 2.00 bits per heavy atom. The van der Waals surface area contributed by atoms with E-state index in [1.807, 2.05) is 6.07 Å². The van der Waals surface area contributed by atoms with Crippen LogP contribution < -0.4 is 0 Å². The van der Waals surface area contributed by atoms with E-state index in [1.54, 1.807) is 6.07 Å². The first-order chi connectivity index (χ1) is 12.2. The number of hydrogen-bond acceptors (Lipinski definition) is 4. The van der Waals surface area contributed by atoms with Crippen LogP contribution >= 0.6 is 0 Å². The molecule has 4 nitrogen and oxygen atoms in total. The molecule has 26 heavy (non-hydrogen) atoms. The van der Waals surface area contributed by atoms with Crippen molar-refractivity contribution in [3.63, 3.8) is 0 Å². The number of phenolic OH excluding ortho intramolecular Hbond substituents is 1. The molecular formula is C19H22F3N3O. The Labute approximate surface area is 150 Å². The van der Waals surface area contributed by atoms with Crippen LogP contribution in [-0.4, -0.2) is 40.3 Å². The first-order valence-corrected chi connectivity index (χ1v) is 8.66. The Balaban J connectivity index is 1.80. The fourth-order valence-corrected chi connectivity index (χ4v) is 3.60. The van der Waals surface area contributed by atoms with Gasteiger partial charge in [-0.05, 0) is 75.5 Å². The normalized spacial score (nSPS) is 18.9. The van der Waals surface area contributed by atoms with Gasteiger partial charge in [0.1, 0.15) is 5.75 Å². The van der Waals surface area contributed by atoms with Crippen molar-refractivity contribution in [3.05, 3.63) is 41.1 Å². The molecule has 0 bridgehead atoms. The molecule has 0 amide bonds. The second-order valence-corrected chi connectivity index (χ2v) is 7.07. The van der Waals surface area contributed by atoms with Gasteiger partial charge in [0.2, 0.25) is 0 Å². The first-order valence-electron chi connectivity index (χ1n) is 8.66. The number of likely N-dealkylation sites (tertiary alicyclic amines) is 1. The zero-order chi connectivity index (χ0) is 18.9. The zero-order valence-electron chi connectivity index (χ0n) is 14.8. The van der Waals surface area contributed by atoms with Gasteiger partial charge < -0.3 is 10.0 Å². The molecule has 1 aromatic carbocycles. The topological polar surface area (TPSA) is 49.2 Å². The standard InChI is InChI=1S/C19H22F3N3O/c1-12-8-14(19(20,21)22)10-17(26)18(12)16-6-5-15(23-24-16)9-13-4-3-7-25(2)11-13/h5-6,8,10,13,26H,3-4,7,9,11H2,1-2H3/t13-/m1/s1. The van der Waals surface area contributed by atoms with Crippen LogP contribution in [0.2, 0.25) is 0 Å². The second-order valence-electron chi connectivity index (χ2n) is 7.07. The van der Waals surface area contributed by atoms with Crippen molar-refractivity contribution in [1.29, 1.82) is 0 Å². The highest BCUT2D eigenvalue weighted by atomic mass is 19.4. The summed E-state index contributed by atoms with van der Waals surface area (Å²) < 4.78 is 38.5. The maximum absolute atomic E-state index is 12.8. The molecule has 0 saturated carbocycles. The van der Waals surface area contributed by atoms with Crippen LogP contribution in [0, 0.1) is 12.8 Å². The molecule has 1 saturated heterocycles. The van der Waals surface area contributed by atoms with Crippen LogP contribution in [0.15, 0.2) is 24.3 Å². The zero-order valence-corrected chi connectivity index (χ0v) is 14.8. The van der Waals surface area contributed by atoms with E-state index in [0.717, 1.165) is 43.8 Å². The Morgan fingerprint density at radius 3 is 2.58 bits per heavy atom. The highest BCUT2D eigenvalue weighted by Gasteiger charge is 2.32. The SMILES string of the molecule is Cc1cc(C(F)(F)F)cc(O)c1-c1ccc(C[C@H]2CCCN(C)C2)nn1. The molecule has 1 aliphatic rings. The van der Waals surface area contributed by atoms with E-state index in [2.05, 4.69) is 22.1 Å². The van der Waals surface area contributed by atoms with Crippen molar-refractivity contribution < 1.29 is 18.3 Å². The van der Waals surface area contributed by atoms with Gasteiger partial charge in [-0.15, -0.1) is 0 Å². The quantitative estimate of drug-likeness (QED) is 0.891. The summed E-state index contributed by atoms with van der Waals surface area (Å²) in [7, 11) is 2.11. The number of aromatic nitrogens is 2. The monoisotopic (exact) mass is 365 g/mol. The van der Waals surface area contributed by atoms with Crippen molar-refractivity contribution in [1.82, 2.24) is 15.1 Å². The molecule has 0 radical (unpaired) electrons. The van der Waals surface area contributed by atoms with Gasteiger partial charge in [-0.3, -0.25) is 0 Å². The molecule has 0 aliphatic carbocycles. The summed E-state index contributed by atoms with van der Waals surface area (Å²) in [6, 6.07) is 5.30. The molecule has 3 rings (SSSR count). The van der Waals surface area contributed by atoms with Gasteiger partial charge in [0.05, 0.1) is 17.0 Å². The summed E-state index contributed by atoms with van der Waals surface area (Å²) in [5, 5.41) is 18.4. The molecule has 140 valence electrons. The maximum atomic E-state index is 12.8. The molecule has 0 spiro atoms. The van der Waals surface area contributed by atoms with E-state index in [-0.39, 0.29) is 5.56 Å². The molecule has 1 atom stereocenters. The van der Waals surface area contributed by atoms with E-state index in [9.17, 15) is 18.3 Å². The van der Waals surface area contributed by atoms with Gasteiger partial charge >= 0.3 is 6.18 Å². The van der Waals surface area contributed by atoms with Crippen LogP contribution in [0.1, 0.15) is 29.7 Å². The molecule has 1 N–H and O–H groups in total. The average molecular weight is 365 g/mol. The number of alkyl halides is 3. The lowest BCUT2D eigenvalue weighted by Gasteiger charge is -2.29. The third-order valence-electron chi connectivity index (χ3n) is 4.84. The lowest BCUT2D eigenvalue weighted by molar-refractivity contribution is -0.137. The van der Waals surface area contributed by atoms with Crippen LogP contribution in [-0.2, 0) is 12.6 Å². The minimum absolute atomic E-state index is 0.287. The van der Waals surface area contributed by atoms with Crippen LogP contribution in [0.5, 0.6) is 5.75 Å². The van der Waals surface area contributed by atoms with E-state index >= 15 is 0 Å². The lowest BCUT2D eigenvalue weighted by Crippen LogP contribution is -2.33. The summed E-state index contributed by atoms with van der Waals surface area (Å²) in [4.78, 5) is 2.31. The lowest BCUT2D eigenvalue weighted by atomic mass is 9.93. The molecule has 1 fully saturated rings. The first kappa shape index (κ1) is 18.6. The van der Waals surface area contributed by atoms with Gasteiger partial charge in [0.25, 0.3) is 0 Å². The summed E-state index contributed by atoms with van der Waals surface area (Å²) in [6.07, 6.45) is -1.34. The molecule has 0 unspecified atom stereocenters. The highest BCUT2D eigenvalue weighted by Crippen LogP contribution is 2.38. The van der Waals surface area contributed by atoms with Crippen LogP contribution in [0.3, 0.4) is 0 Å². The Hall–Kier alpha value is -2.15. The third-order valence-corrected chi connectivity index (χ3v) is 4.84. The smallest absolute Gasteiger partial charge is 0.416 e. The summed E-state index contributed by atoms with van der Waals surface area (Å²) in [5.41, 5.74) is 0.960. The fraction of sp³-hybridized carbons (Fsp3) is 0.474. The van der Waals surface area contributed by atoms with Gasteiger partial charge in [0.15, 0.2) is 0 Å². The van der Waals surface area contributed by atoms with Gasteiger partial charge in [-0.2, -0.15) is 23.4 Å². The molecule has 1 aliphatic heterocycles. The molecular weight excluding hydrogens is 343 g/mol. The predicted molar refractivity (Wildman–Crippen MR) is 92.8 cm³/mol. The minimum atomic E-state index is -4.50. The molecule has 7 heteroatoms. The van der Waals surface area contributed by atoms with E-state index in [1.165, 1.54) is 13.3 Å². The largest absolute Gasteiger partial charge is 0.507 e. The third kappa shape index (κ3) is 4.15. The van der Waals surface area contributed by atoms with Crippen molar-refractivity contribution in [2.24, 2.45) is 5.92 Å².